The van der Waals surface area contributed by atoms with E-state index in [9.17, 15) is 4.79 Å². The van der Waals surface area contributed by atoms with Crippen LogP contribution in [0.1, 0.15) is 31.4 Å². The average Bonchev–Trinajstić information content (AvgIpc) is 2.77. The fourth-order valence-electron chi connectivity index (χ4n) is 2.46. The van der Waals surface area contributed by atoms with Crippen molar-refractivity contribution >= 4 is 28.7 Å². The lowest BCUT2D eigenvalue weighted by atomic mass is 10.0. The highest BCUT2D eigenvalue weighted by molar-refractivity contribution is 6.17. The molecule has 0 saturated carbocycles. The van der Waals surface area contributed by atoms with E-state index in [-0.39, 0.29) is 11.9 Å². The van der Waals surface area contributed by atoms with Gasteiger partial charge in [-0.05, 0) is 25.0 Å². The first-order valence-electron chi connectivity index (χ1n) is 6.97. The Balaban J connectivity index is 2.70. The Labute approximate surface area is 129 Å². The van der Waals surface area contributed by atoms with Gasteiger partial charge < -0.3 is 4.74 Å². The molecule has 2 aromatic rings. The van der Waals surface area contributed by atoms with Crippen LogP contribution in [-0.2, 0) is 16.0 Å². The minimum absolute atomic E-state index is 0.0613. The second-order valence-electron chi connectivity index (χ2n) is 5.34. The number of rotatable bonds is 5. The molecule has 2 aromatic heterocycles. The van der Waals surface area contributed by atoms with Gasteiger partial charge >= 0.3 is 5.97 Å². The summed E-state index contributed by atoms with van der Waals surface area (Å²) < 4.78 is 6.84. The van der Waals surface area contributed by atoms with Crippen molar-refractivity contribution in [1.29, 1.82) is 0 Å². The highest BCUT2D eigenvalue weighted by atomic mass is 35.5. The molecular weight excluding hydrogens is 290 g/mol. The topological polar surface area (TPSA) is 57.0 Å². The number of esters is 1. The molecule has 0 radical (unpaired) electrons. The fraction of sp³-hybridized carbons (Fsp3) is 0.533. The first kappa shape index (κ1) is 15.8. The van der Waals surface area contributed by atoms with Gasteiger partial charge in [-0.15, -0.1) is 11.6 Å². The molecule has 1 unspecified atom stereocenters. The van der Waals surface area contributed by atoms with Crippen LogP contribution in [0.3, 0.4) is 0 Å². The van der Waals surface area contributed by atoms with Crippen LogP contribution in [0.5, 0.6) is 0 Å². The summed E-state index contributed by atoms with van der Waals surface area (Å²) in [6.07, 6.45) is 0.581. The third-order valence-electron chi connectivity index (χ3n) is 3.42. The summed E-state index contributed by atoms with van der Waals surface area (Å²) in [4.78, 5) is 21.3. The Bertz CT molecular complexity index is 652. The van der Waals surface area contributed by atoms with Crippen molar-refractivity contribution in [2.24, 2.45) is 5.92 Å². The van der Waals surface area contributed by atoms with E-state index >= 15 is 0 Å². The maximum atomic E-state index is 12.2. The summed E-state index contributed by atoms with van der Waals surface area (Å²) in [5, 5.41) is 0. The van der Waals surface area contributed by atoms with E-state index in [2.05, 4.69) is 9.97 Å². The van der Waals surface area contributed by atoms with Crippen LogP contribution in [0.2, 0.25) is 0 Å². The Kier molecular flexibility index (Phi) is 4.83. The van der Waals surface area contributed by atoms with Crippen molar-refractivity contribution in [1.82, 2.24) is 14.5 Å². The summed E-state index contributed by atoms with van der Waals surface area (Å²) in [6.45, 7) is 5.88. The van der Waals surface area contributed by atoms with Crippen LogP contribution in [0.25, 0.3) is 11.2 Å². The van der Waals surface area contributed by atoms with E-state index in [0.717, 1.165) is 17.0 Å². The fourth-order valence-corrected chi connectivity index (χ4v) is 2.63. The standard InChI is InChI=1S/C15H20ClN3O2/c1-9(2)13(15(20)21-4)19-12(7-8-16)18-11-6-5-10(3)17-14(11)19/h5-6,9,13H,7-8H2,1-4H3. The molecule has 0 saturated heterocycles. The molecule has 0 bridgehead atoms. The normalized spacial score (nSPS) is 12.9. The Morgan fingerprint density at radius 2 is 2.10 bits per heavy atom. The minimum Gasteiger partial charge on any atom is -0.467 e. The number of fused-ring (bicyclic) bond motifs is 1. The molecule has 1 atom stereocenters. The number of aryl methyl sites for hydroxylation is 2. The van der Waals surface area contributed by atoms with Gasteiger partial charge in [0, 0.05) is 18.0 Å². The van der Waals surface area contributed by atoms with Gasteiger partial charge in [0.2, 0.25) is 0 Å². The molecule has 6 heteroatoms. The third-order valence-corrected chi connectivity index (χ3v) is 3.61. The number of methoxy groups -OCH3 is 1. The zero-order valence-electron chi connectivity index (χ0n) is 12.8. The Morgan fingerprint density at radius 3 is 2.67 bits per heavy atom. The van der Waals surface area contributed by atoms with Gasteiger partial charge in [-0.2, -0.15) is 0 Å². The number of ether oxygens (including phenoxy) is 1. The summed E-state index contributed by atoms with van der Waals surface area (Å²) >= 11 is 5.87. The predicted molar refractivity (Wildman–Crippen MR) is 82.6 cm³/mol. The summed E-state index contributed by atoms with van der Waals surface area (Å²) in [5.41, 5.74) is 2.36. The summed E-state index contributed by atoms with van der Waals surface area (Å²) in [5.74, 6) is 0.978. The Hall–Kier alpha value is -1.62. The third kappa shape index (κ3) is 3.02. The van der Waals surface area contributed by atoms with Crippen molar-refractivity contribution < 1.29 is 9.53 Å². The van der Waals surface area contributed by atoms with Crippen molar-refractivity contribution in [2.75, 3.05) is 13.0 Å². The van der Waals surface area contributed by atoms with Crippen LogP contribution in [0, 0.1) is 12.8 Å². The number of aromatic nitrogens is 3. The van der Waals surface area contributed by atoms with Gasteiger partial charge in [0.25, 0.3) is 0 Å². The van der Waals surface area contributed by atoms with E-state index < -0.39 is 6.04 Å². The lowest BCUT2D eigenvalue weighted by Crippen LogP contribution is -2.27. The first-order chi connectivity index (χ1) is 9.99. The van der Waals surface area contributed by atoms with Crippen molar-refractivity contribution in [3.05, 3.63) is 23.7 Å². The lowest BCUT2D eigenvalue weighted by Gasteiger charge is -2.22. The molecule has 5 nitrogen and oxygen atoms in total. The number of hydrogen-bond acceptors (Lipinski definition) is 4. The second-order valence-corrected chi connectivity index (χ2v) is 5.72. The number of carbonyl (C=O) groups is 1. The molecule has 0 fully saturated rings. The molecule has 114 valence electrons. The number of alkyl halides is 1. The number of carbonyl (C=O) groups excluding carboxylic acids is 1. The van der Waals surface area contributed by atoms with E-state index in [1.807, 2.05) is 37.5 Å². The summed E-state index contributed by atoms with van der Waals surface area (Å²) in [7, 11) is 1.40. The molecule has 0 spiro atoms. The zero-order valence-corrected chi connectivity index (χ0v) is 13.5. The lowest BCUT2D eigenvalue weighted by molar-refractivity contribution is -0.146. The first-order valence-corrected chi connectivity index (χ1v) is 7.51. The highest BCUT2D eigenvalue weighted by Gasteiger charge is 2.29. The second kappa shape index (κ2) is 6.43. The molecule has 0 aromatic carbocycles. The van der Waals surface area contributed by atoms with Crippen LogP contribution < -0.4 is 0 Å². The van der Waals surface area contributed by atoms with Gasteiger partial charge in [0.05, 0.1) is 7.11 Å². The number of hydrogen-bond donors (Lipinski definition) is 0. The zero-order chi connectivity index (χ0) is 15.6. The molecule has 0 aliphatic rings. The Morgan fingerprint density at radius 1 is 1.38 bits per heavy atom. The molecule has 0 aliphatic heterocycles. The molecule has 21 heavy (non-hydrogen) atoms. The molecule has 2 rings (SSSR count). The molecule has 0 N–H and O–H groups in total. The van der Waals surface area contributed by atoms with Crippen LogP contribution in [-0.4, -0.2) is 33.5 Å². The average molecular weight is 310 g/mol. The van der Waals surface area contributed by atoms with Crippen molar-refractivity contribution in [3.63, 3.8) is 0 Å². The van der Waals surface area contributed by atoms with Crippen molar-refractivity contribution in [3.8, 4) is 0 Å². The number of nitrogens with zero attached hydrogens (tertiary/aromatic N) is 3. The molecule has 0 amide bonds. The van der Waals surface area contributed by atoms with Crippen LogP contribution in [0.15, 0.2) is 12.1 Å². The van der Waals surface area contributed by atoms with E-state index in [1.54, 1.807) is 0 Å². The molecule has 2 heterocycles. The van der Waals surface area contributed by atoms with Gasteiger partial charge in [-0.1, -0.05) is 13.8 Å². The van der Waals surface area contributed by atoms with Crippen LogP contribution >= 0.6 is 11.6 Å². The number of pyridine rings is 1. The maximum Gasteiger partial charge on any atom is 0.329 e. The number of halogens is 1. The smallest absolute Gasteiger partial charge is 0.329 e. The van der Waals surface area contributed by atoms with Gasteiger partial charge in [0.15, 0.2) is 5.65 Å². The molecule has 0 aliphatic carbocycles. The molecular formula is C15H20ClN3O2. The highest BCUT2D eigenvalue weighted by Crippen LogP contribution is 2.27. The van der Waals surface area contributed by atoms with Crippen molar-refractivity contribution in [2.45, 2.75) is 33.2 Å². The van der Waals surface area contributed by atoms with E-state index in [0.29, 0.717) is 17.9 Å². The SMILES string of the molecule is COC(=O)C(C(C)C)n1c(CCCl)nc2ccc(C)nc21. The quantitative estimate of drug-likeness (QED) is 0.629. The predicted octanol–water partition coefficient (Wildman–Crippen LogP) is 2.89. The monoisotopic (exact) mass is 309 g/mol. The van der Waals surface area contributed by atoms with Gasteiger partial charge in [-0.25, -0.2) is 14.8 Å². The van der Waals surface area contributed by atoms with Gasteiger partial charge in [-0.3, -0.25) is 4.57 Å². The van der Waals surface area contributed by atoms with Crippen LogP contribution in [0.4, 0.5) is 0 Å². The maximum absolute atomic E-state index is 12.2. The largest absolute Gasteiger partial charge is 0.467 e. The van der Waals surface area contributed by atoms with E-state index in [1.165, 1.54) is 7.11 Å². The minimum atomic E-state index is -0.451. The number of imidazole rings is 1. The summed E-state index contributed by atoms with van der Waals surface area (Å²) in [6, 6.07) is 3.38. The van der Waals surface area contributed by atoms with E-state index in [4.69, 9.17) is 16.3 Å². The van der Waals surface area contributed by atoms with Gasteiger partial charge in [0.1, 0.15) is 17.4 Å².